The van der Waals surface area contributed by atoms with Crippen molar-refractivity contribution in [2.75, 3.05) is 20.8 Å². The van der Waals surface area contributed by atoms with Crippen LogP contribution in [0.2, 0.25) is 0 Å². The zero-order chi connectivity index (χ0) is 19.2. The molecule has 1 aliphatic carbocycles. The summed E-state index contributed by atoms with van der Waals surface area (Å²) in [4.78, 5) is 24.4. The Morgan fingerprint density at radius 1 is 1.04 bits per heavy atom. The summed E-state index contributed by atoms with van der Waals surface area (Å²) in [5, 5.41) is 2.98. The van der Waals surface area contributed by atoms with Crippen molar-refractivity contribution in [3.63, 3.8) is 0 Å². The lowest BCUT2D eigenvalue weighted by molar-refractivity contribution is -0.125. The normalized spacial score (nSPS) is 14.1. The number of carbonyl (C=O) groups excluding carboxylic acids is 2. The van der Waals surface area contributed by atoms with Gasteiger partial charge < -0.3 is 19.5 Å². The highest BCUT2D eigenvalue weighted by atomic mass is 16.5. The average molecular weight is 369 g/mol. The molecule has 27 heavy (non-hydrogen) atoms. The Bertz CT molecular complexity index is 798. The third-order valence-electron chi connectivity index (χ3n) is 4.52. The highest BCUT2D eigenvalue weighted by Crippen LogP contribution is 2.41. The fourth-order valence-corrected chi connectivity index (χ4v) is 2.89. The van der Waals surface area contributed by atoms with Gasteiger partial charge in [-0.1, -0.05) is 18.2 Å². The summed E-state index contributed by atoms with van der Waals surface area (Å²) < 4.78 is 15.4. The molecule has 0 aliphatic heterocycles. The number of methoxy groups -OCH3 is 2. The molecule has 6 heteroatoms. The van der Waals surface area contributed by atoms with Gasteiger partial charge in [0.1, 0.15) is 11.5 Å². The van der Waals surface area contributed by atoms with Gasteiger partial charge in [0.05, 0.1) is 25.8 Å². The van der Waals surface area contributed by atoms with Crippen LogP contribution in [0.1, 0.15) is 34.8 Å². The van der Waals surface area contributed by atoms with Gasteiger partial charge in [-0.15, -0.1) is 0 Å². The van der Waals surface area contributed by atoms with Crippen LogP contribution in [0.5, 0.6) is 11.5 Å². The second-order valence-corrected chi connectivity index (χ2v) is 6.46. The zero-order valence-corrected chi connectivity index (χ0v) is 15.4. The summed E-state index contributed by atoms with van der Waals surface area (Å²) in [6.45, 7) is -0.324. The number of hydrogen-bond acceptors (Lipinski definition) is 5. The average Bonchev–Trinajstić information content (AvgIpc) is 3.55. The quantitative estimate of drug-likeness (QED) is 0.724. The molecule has 142 valence electrons. The minimum Gasteiger partial charge on any atom is -0.497 e. The highest BCUT2D eigenvalue weighted by Gasteiger charge is 2.33. The number of benzene rings is 2. The van der Waals surface area contributed by atoms with E-state index in [9.17, 15) is 9.59 Å². The van der Waals surface area contributed by atoms with Gasteiger partial charge in [0.15, 0.2) is 6.61 Å². The Labute approximate surface area is 158 Å². The van der Waals surface area contributed by atoms with Crippen molar-refractivity contribution >= 4 is 11.9 Å². The van der Waals surface area contributed by atoms with Gasteiger partial charge in [-0.05, 0) is 54.7 Å². The van der Waals surface area contributed by atoms with Gasteiger partial charge in [0, 0.05) is 0 Å². The van der Waals surface area contributed by atoms with Crippen molar-refractivity contribution in [1.82, 2.24) is 5.32 Å². The van der Waals surface area contributed by atoms with Crippen molar-refractivity contribution in [2.24, 2.45) is 5.92 Å². The Hall–Kier alpha value is -3.02. The van der Waals surface area contributed by atoms with Crippen LogP contribution in [0.15, 0.2) is 48.5 Å². The SMILES string of the molecule is COc1ccc(C(NC(=O)COC(=O)c2cccc(OC)c2)C2CC2)cc1. The smallest absolute Gasteiger partial charge is 0.338 e. The predicted molar refractivity (Wildman–Crippen MR) is 99.9 cm³/mol. The first-order chi connectivity index (χ1) is 13.1. The minimum absolute atomic E-state index is 0.0843. The molecule has 0 spiro atoms. The van der Waals surface area contributed by atoms with Crippen LogP contribution in [0.25, 0.3) is 0 Å². The summed E-state index contributed by atoms with van der Waals surface area (Å²) in [7, 11) is 3.14. The van der Waals surface area contributed by atoms with E-state index in [2.05, 4.69) is 5.32 Å². The van der Waals surface area contributed by atoms with Gasteiger partial charge in [0.25, 0.3) is 5.91 Å². The number of amides is 1. The molecule has 0 heterocycles. The molecule has 1 fully saturated rings. The lowest BCUT2D eigenvalue weighted by atomic mass is 10.0. The second kappa shape index (κ2) is 8.58. The van der Waals surface area contributed by atoms with E-state index in [1.54, 1.807) is 31.4 Å². The highest BCUT2D eigenvalue weighted by molar-refractivity contribution is 5.91. The summed E-state index contributed by atoms with van der Waals surface area (Å²) in [5.41, 5.74) is 1.36. The van der Waals surface area contributed by atoms with Gasteiger partial charge >= 0.3 is 5.97 Å². The molecule has 1 amide bonds. The minimum atomic E-state index is -0.559. The van der Waals surface area contributed by atoms with Crippen molar-refractivity contribution in [2.45, 2.75) is 18.9 Å². The molecule has 1 unspecified atom stereocenters. The molecule has 0 saturated heterocycles. The van der Waals surface area contributed by atoms with Crippen LogP contribution < -0.4 is 14.8 Å². The summed E-state index contributed by atoms with van der Waals surface area (Å²) in [6.07, 6.45) is 2.14. The molecule has 1 atom stereocenters. The number of rotatable bonds is 8. The predicted octanol–water partition coefficient (Wildman–Crippen LogP) is 3.13. The Kier molecular flexibility index (Phi) is 5.96. The second-order valence-electron chi connectivity index (χ2n) is 6.46. The first-order valence-electron chi connectivity index (χ1n) is 8.85. The molecular formula is C21H23NO5. The largest absolute Gasteiger partial charge is 0.497 e. The first-order valence-corrected chi connectivity index (χ1v) is 8.85. The number of carbonyl (C=O) groups is 2. The van der Waals surface area contributed by atoms with Crippen molar-refractivity contribution < 1.29 is 23.8 Å². The van der Waals surface area contributed by atoms with Crippen molar-refractivity contribution in [1.29, 1.82) is 0 Å². The number of ether oxygens (including phenoxy) is 3. The van der Waals surface area contributed by atoms with E-state index in [4.69, 9.17) is 14.2 Å². The summed E-state index contributed by atoms with van der Waals surface area (Å²) >= 11 is 0. The van der Waals surface area contributed by atoms with Crippen molar-refractivity contribution in [3.05, 3.63) is 59.7 Å². The third-order valence-corrected chi connectivity index (χ3v) is 4.52. The van der Waals surface area contributed by atoms with E-state index in [1.807, 2.05) is 24.3 Å². The van der Waals surface area contributed by atoms with E-state index in [0.717, 1.165) is 24.2 Å². The molecule has 1 saturated carbocycles. The Balaban J connectivity index is 1.57. The number of esters is 1. The molecule has 6 nitrogen and oxygen atoms in total. The molecule has 1 N–H and O–H groups in total. The zero-order valence-electron chi connectivity index (χ0n) is 15.4. The fourth-order valence-electron chi connectivity index (χ4n) is 2.89. The van der Waals surface area contributed by atoms with E-state index < -0.39 is 5.97 Å². The lowest BCUT2D eigenvalue weighted by Gasteiger charge is -2.19. The van der Waals surface area contributed by atoms with E-state index in [1.165, 1.54) is 7.11 Å². The first kappa shape index (κ1) is 18.8. The van der Waals surface area contributed by atoms with Crippen LogP contribution >= 0.6 is 0 Å². The van der Waals surface area contributed by atoms with Crippen LogP contribution in [0.3, 0.4) is 0 Å². The molecular weight excluding hydrogens is 346 g/mol. The molecule has 2 aromatic rings. The standard InChI is InChI=1S/C21H23NO5/c1-25-17-10-8-15(9-11-17)20(14-6-7-14)22-19(23)13-27-21(24)16-4-3-5-18(12-16)26-2/h3-5,8-12,14,20H,6-7,13H2,1-2H3,(H,22,23). The maximum absolute atomic E-state index is 12.3. The van der Waals surface area contributed by atoms with Crippen molar-refractivity contribution in [3.8, 4) is 11.5 Å². The van der Waals surface area contributed by atoms with E-state index >= 15 is 0 Å². The van der Waals surface area contributed by atoms with E-state index in [0.29, 0.717) is 17.2 Å². The van der Waals surface area contributed by atoms with Gasteiger partial charge in [0.2, 0.25) is 0 Å². The van der Waals surface area contributed by atoms with Crippen LogP contribution in [-0.4, -0.2) is 32.7 Å². The van der Waals surface area contributed by atoms with Gasteiger partial charge in [-0.3, -0.25) is 4.79 Å². The van der Waals surface area contributed by atoms with Crippen LogP contribution in [0.4, 0.5) is 0 Å². The maximum atomic E-state index is 12.3. The Morgan fingerprint density at radius 2 is 1.74 bits per heavy atom. The number of nitrogens with one attached hydrogen (secondary N) is 1. The molecule has 2 aromatic carbocycles. The lowest BCUT2D eigenvalue weighted by Crippen LogP contribution is -2.33. The summed E-state index contributed by atoms with van der Waals surface area (Å²) in [5.74, 6) is 0.862. The van der Waals surface area contributed by atoms with Crippen LogP contribution in [-0.2, 0) is 9.53 Å². The van der Waals surface area contributed by atoms with E-state index in [-0.39, 0.29) is 18.6 Å². The third kappa shape index (κ3) is 5.00. The maximum Gasteiger partial charge on any atom is 0.338 e. The monoisotopic (exact) mass is 369 g/mol. The molecule has 0 aromatic heterocycles. The summed E-state index contributed by atoms with van der Waals surface area (Å²) in [6, 6.07) is 14.2. The van der Waals surface area contributed by atoms with Crippen LogP contribution in [0, 0.1) is 5.92 Å². The number of hydrogen-bond donors (Lipinski definition) is 1. The fraction of sp³-hybridized carbons (Fsp3) is 0.333. The molecule has 1 aliphatic rings. The van der Waals surface area contributed by atoms with Gasteiger partial charge in [-0.2, -0.15) is 0 Å². The molecule has 3 rings (SSSR count). The topological polar surface area (TPSA) is 73.9 Å². The Morgan fingerprint density at radius 3 is 2.37 bits per heavy atom. The molecule has 0 radical (unpaired) electrons. The molecule has 0 bridgehead atoms. The van der Waals surface area contributed by atoms with Gasteiger partial charge in [-0.25, -0.2) is 4.79 Å².